The number of ether oxygens (including phenoxy) is 2. The number of aliphatic hydroxyl groups is 1. The summed E-state index contributed by atoms with van der Waals surface area (Å²) >= 11 is 0. The predicted molar refractivity (Wildman–Crippen MR) is 101 cm³/mol. The van der Waals surface area contributed by atoms with Crippen molar-refractivity contribution in [3.63, 3.8) is 0 Å². The molecular weight excluding hydrogens is 316 g/mol. The molecule has 0 aliphatic heterocycles. The summed E-state index contributed by atoms with van der Waals surface area (Å²) < 4.78 is 10.3. The molecule has 0 amide bonds. The minimum Gasteiger partial charge on any atom is -0.489 e. The molecule has 0 fully saturated rings. The first-order chi connectivity index (χ1) is 12.0. The maximum Gasteiger partial charge on any atom is 0.293 e. The van der Waals surface area contributed by atoms with E-state index in [0.29, 0.717) is 12.2 Å². The van der Waals surface area contributed by atoms with Gasteiger partial charge in [-0.1, -0.05) is 47.5 Å². The van der Waals surface area contributed by atoms with E-state index in [0.717, 1.165) is 16.7 Å². The second-order valence-electron chi connectivity index (χ2n) is 5.88. The first-order valence-electron chi connectivity index (χ1n) is 8.09. The maximum atomic E-state index is 10.1. The Morgan fingerprint density at radius 1 is 1.12 bits per heavy atom. The lowest BCUT2D eigenvalue weighted by molar-refractivity contribution is -0.129. The molecular formula is C21H26O4. The molecule has 0 spiro atoms. The van der Waals surface area contributed by atoms with Gasteiger partial charge in [0.1, 0.15) is 19.0 Å². The quantitative estimate of drug-likeness (QED) is 0.463. The van der Waals surface area contributed by atoms with Crippen molar-refractivity contribution >= 4 is 6.47 Å². The van der Waals surface area contributed by atoms with Gasteiger partial charge >= 0.3 is 0 Å². The van der Waals surface area contributed by atoms with E-state index in [-0.39, 0.29) is 19.8 Å². The Labute approximate surface area is 149 Å². The van der Waals surface area contributed by atoms with E-state index in [1.807, 2.05) is 57.2 Å². The molecule has 0 aliphatic carbocycles. The zero-order chi connectivity index (χ0) is 18.7. The average molecular weight is 342 g/mol. The van der Waals surface area contributed by atoms with Crippen LogP contribution in [0, 0.1) is 6.92 Å². The van der Waals surface area contributed by atoms with Crippen LogP contribution in [0.4, 0.5) is 0 Å². The van der Waals surface area contributed by atoms with Crippen LogP contribution in [0.25, 0.3) is 11.1 Å². The Morgan fingerprint density at radius 2 is 1.76 bits per heavy atom. The number of benzene rings is 2. The fourth-order valence-corrected chi connectivity index (χ4v) is 2.00. The van der Waals surface area contributed by atoms with Gasteiger partial charge in [0.05, 0.1) is 6.61 Å². The Bertz CT molecular complexity index is 671. The molecule has 4 heteroatoms. The molecule has 0 atom stereocenters. The fraction of sp³-hybridized carbons (Fsp3) is 0.286. The molecule has 2 aromatic carbocycles. The van der Waals surface area contributed by atoms with Crippen molar-refractivity contribution in [3.8, 4) is 16.9 Å². The molecule has 0 aromatic heterocycles. The predicted octanol–water partition coefficient (Wildman–Crippen LogP) is 4.29. The topological polar surface area (TPSA) is 55.8 Å². The van der Waals surface area contributed by atoms with Crippen LogP contribution in [0.3, 0.4) is 0 Å². The Hall–Kier alpha value is -2.59. The van der Waals surface area contributed by atoms with Gasteiger partial charge in [-0.3, -0.25) is 4.79 Å². The zero-order valence-corrected chi connectivity index (χ0v) is 15.1. The number of allylic oxidation sites excluding steroid dienone is 1. The summed E-state index contributed by atoms with van der Waals surface area (Å²) in [5, 5.41) is 9.24. The summed E-state index contributed by atoms with van der Waals surface area (Å²) in [7, 11) is 0. The molecule has 4 nitrogen and oxygen atoms in total. The van der Waals surface area contributed by atoms with Gasteiger partial charge < -0.3 is 14.6 Å². The van der Waals surface area contributed by atoms with Crippen molar-refractivity contribution in [2.75, 3.05) is 13.2 Å². The van der Waals surface area contributed by atoms with Crippen LogP contribution < -0.4 is 4.74 Å². The molecule has 0 bridgehead atoms. The standard InChI is InChI=1S/C17H18O4.C4H8/c1-13-2-5-15(6-3-13)16-7-4-14(11-18)10-17(16)21-9-8-20-12-19;1-4(2)3/h2-7,10,12,18H,8-9,11H2,1H3;1H2,2-3H3. The number of carbonyl (C=O) groups is 1. The van der Waals surface area contributed by atoms with E-state index in [9.17, 15) is 9.90 Å². The third-order valence-electron chi connectivity index (χ3n) is 3.12. The van der Waals surface area contributed by atoms with Crippen molar-refractivity contribution in [2.45, 2.75) is 27.4 Å². The van der Waals surface area contributed by atoms with Crippen LogP contribution in [0.5, 0.6) is 5.75 Å². The van der Waals surface area contributed by atoms with E-state index < -0.39 is 0 Å². The van der Waals surface area contributed by atoms with Gasteiger partial charge in [-0.2, -0.15) is 0 Å². The highest BCUT2D eigenvalue weighted by molar-refractivity contribution is 5.71. The van der Waals surface area contributed by atoms with E-state index in [4.69, 9.17) is 4.74 Å². The Balaban J connectivity index is 0.000000705. The number of hydrogen-bond donors (Lipinski definition) is 1. The molecule has 2 aromatic rings. The molecule has 0 heterocycles. The van der Waals surface area contributed by atoms with E-state index in [1.165, 1.54) is 11.1 Å². The number of aryl methyl sites for hydroxylation is 1. The molecule has 0 radical (unpaired) electrons. The van der Waals surface area contributed by atoms with Crippen molar-refractivity contribution in [3.05, 3.63) is 65.7 Å². The molecule has 1 N–H and O–H groups in total. The van der Waals surface area contributed by atoms with Gasteiger partial charge in [0.2, 0.25) is 0 Å². The largest absolute Gasteiger partial charge is 0.489 e. The minimum absolute atomic E-state index is 0.0463. The first-order valence-corrected chi connectivity index (χ1v) is 8.09. The number of aliphatic hydroxyl groups excluding tert-OH is 1. The summed E-state index contributed by atoms with van der Waals surface area (Å²) in [5.74, 6) is 0.667. The maximum absolute atomic E-state index is 10.1. The van der Waals surface area contributed by atoms with Gasteiger partial charge in [0.15, 0.2) is 0 Å². The monoisotopic (exact) mass is 342 g/mol. The number of carbonyl (C=O) groups excluding carboxylic acids is 1. The molecule has 0 saturated heterocycles. The number of hydrogen-bond acceptors (Lipinski definition) is 4. The summed E-state index contributed by atoms with van der Waals surface area (Å²) in [6.45, 7) is 10.4. The zero-order valence-electron chi connectivity index (χ0n) is 15.1. The molecule has 25 heavy (non-hydrogen) atoms. The first kappa shape index (κ1) is 20.5. The van der Waals surface area contributed by atoms with Gasteiger partial charge in [0.25, 0.3) is 6.47 Å². The highest BCUT2D eigenvalue weighted by Crippen LogP contribution is 2.31. The molecule has 134 valence electrons. The molecule has 0 unspecified atom stereocenters. The average Bonchev–Trinajstić information content (AvgIpc) is 2.59. The lowest BCUT2D eigenvalue weighted by Gasteiger charge is -2.13. The van der Waals surface area contributed by atoms with Crippen molar-refractivity contribution in [2.24, 2.45) is 0 Å². The fourth-order valence-electron chi connectivity index (χ4n) is 2.00. The van der Waals surface area contributed by atoms with Crippen LogP contribution in [-0.2, 0) is 16.1 Å². The second-order valence-corrected chi connectivity index (χ2v) is 5.88. The highest BCUT2D eigenvalue weighted by atomic mass is 16.5. The van der Waals surface area contributed by atoms with E-state index in [2.05, 4.69) is 11.3 Å². The smallest absolute Gasteiger partial charge is 0.293 e. The van der Waals surface area contributed by atoms with Crippen LogP contribution in [0.1, 0.15) is 25.0 Å². The van der Waals surface area contributed by atoms with Crippen LogP contribution in [0.15, 0.2) is 54.6 Å². The summed E-state index contributed by atoms with van der Waals surface area (Å²) in [6.07, 6.45) is 0. The summed E-state index contributed by atoms with van der Waals surface area (Å²) in [6, 6.07) is 13.7. The SMILES string of the molecule is C=C(C)C.Cc1ccc(-c2ccc(CO)cc2OCCOC=O)cc1. The molecule has 2 rings (SSSR count). The van der Waals surface area contributed by atoms with Crippen LogP contribution in [-0.4, -0.2) is 24.8 Å². The van der Waals surface area contributed by atoms with Gasteiger partial charge in [-0.05, 0) is 38.0 Å². The summed E-state index contributed by atoms with van der Waals surface area (Å²) in [5.41, 5.74) is 5.11. The lowest BCUT2D eigenvalue weighted by atomic mass is 10.0. The van der Waals surface area contributed by atoms with Crippen molar-refractivity contribution in [1.82, 2.24) is 0 Å². The summed E-state index contributed by atoms with van der Waals surface area (Å²) in [4.78, 5) is 10.1. The van der Waals surface area contributed by atoms with Gasteiger partial charge in [-0.25, -0.2) is 0 Å². The van der Waals surface area contributed by atoms with Gasteiger partial charge in [0, 0.05) is 5.56 Å². The van der Waals surface area contributed by atoms with Crippen LogP contribution in [0.2, 0.25) is 0 Å². The van der Waals surface area contributed by atoms with Gasteiger partial charge in [-0.15, -0.1) is 6.58 Å². The third kappa shape index (κ3) is 7.68. The number of rotatable bonds is 7. The molecule has 0 aliphatic rings. The van der Waals surface area contributed by atoms with E-state index in [1.54, 1.807) is 6.07 Å². The third-order valence-corrected chi connectivity index (χ3v) is 3.12. The second kappa shape index (κ2) is 11.0. The van der Waals surface area contributed by atoms with Crippen molar-refractivity contribution in [1.29, 1.82) is 0 Å². The van der Waals surface area contributed by atoms with Crippen LogP contribution >= 0.6 is 0 Å². The molecule has 0 saturated carbocycles. The highest BCUT2D eigenvalue weighted by Gasteiger charge is 2.08. The Morgan fingerprint density at radius 3 is 2.32 bits per heavy atom. The lowest BCUT2D eigenvalue weighted by Crippen LogP contribution is -2.06. The minimum atomic E-state index is -0.0463. The van der Waals surface area contributed by atoms with E-state index >= 15 is 0 Å². The Kier molecular flexibility index (Phi) is 9.04. The normalized spacial score (nSPS) is 9.60. The van der Waals surface area contributed by atoms with Crippen molar-refractivity contribution < 1.29 is 19.4 Å².